The Labute approximate surface area is 128 Å². The minimum Gasteiger partial charge on any atom is -0.465 e. The molecule has 1 aliphatic carbocycles. The maximum atomic E-state index is 10.9. The Morgan fingerprint density at radius 2 is 1.91 bits per heavy atom. The summed E-state index contributed by atoms with van der Waals surface area (Å²) in [6.07, 6.45) is 6.49. The molecule has 1 amide bonds. The Balaban J connectivity index is 1.49. The van der Waals surface area contributed by atoms with Crippen LogP contribution in [0.5, 0.6) is 0 Å². The Hall–Kier alpha value is -2.74. The van der Waals surface area contributed by atoms with Crippen molar-refractivity contribution in [3.63, 3.8) is 0 Å². The van der Waals surface area contributed by atoms with Gasteiger partial charge in [0.25, 0.3) is 0 Å². The van der Waals surface area contributed by atoms with Gasteiger partial charge >= 0.3 is 6.09 Å². The van der Waals surface area contributed by atoms with Crippen LogP contribution >= 0.6 is 0 Å². The zero-order valence-corrected chi connectivity index (χ0v) is 11.9. The predicted molar refractivity (Wildman–Crippen MR) is 80.8 cm³/mol. The molecule has 1 aromatic heterocycles. The van der Waals surface area contributed by atoms with E-state index in [9.17, 15) is 4.79 Å². The van der Waals surface area contributed by atoms with Gasteiger partial charge in [-0.25, -0.2) is 9.48 Å². The third-order valence-corrected chi connectivity index (χ3v) is 4.71. The number of terminal acetylenes is 1. The topological polar surface area (TPSA) is 58.4 Å². The zero-order valence-electron chi connectivity index (χ0n) is 11.9. The average molecular weight is 293 g/mol. The molecule has 2 heterocycles. The van der Waals surface area contributed by atoms with E-state index in [1.54, 1.807) is 0 Å². The van der Waals surface area contributed by atoms with Gasteiger partial charge in [0.05, 0.1) is 11.4 Å². The molecule has 3 atom stereocenters. The van der Waals surface area contributed by atoms with Crippen molar-refractivity contribution in [1.29, 1.82) is 0 Å². The molecule has 110 valence electrons. The van der Waals surface area contributed by atoms with Gasteiger partial charge in [0.1, 0.15) is 0 Å². The summed E-state index contributed by atoms with van der Waals surface area (Å²) < 4.78 is 1.85. The molecule has 2 aliphatic rings. The van der Waals surface area contributed by atoms with Gasteiger partial charge in [-0.15, -0.1) is 6.42 Å². The van der Waals surface area contributed by atoms with E-state index in [0.717, 1.165) is 16.9 Å². The Bertz CT molecular complexity index is 760. The van der Waals surface area contributed by atoms with Crippen LogP contribution in [0.2, 0.25) is 0 Å². The molecular weight excluding hydrogens is 278 g/mol. The number of aromatic nitrogens is 2. The number of hydrogen-bond acceptors (Lipinski definition) is 2. The number of carbonyl (C=O) groups is 1. The number of rotatable bonds is 2. The molecule has 5 nitrogen and oxygen atoms in total. The van der Waals surface area contributed by atoms with Gasteiger partial charge in [0, 0.05) is 30.8 Å². The lowest BCUT2D eigenvalue weighted by atomic mass is 10.2. The Morgan fingerprint density at radius 3 is 2.50 bits per heavy atom. The molecule has 0 radical (unpaired) electrons. The molecule has 1 aliphatic heterocycles. The molecular formula is C17H15N3O2. The molecule has 1 saturated heterocycles. The van der Waals surface area contributed by atoms with E-state index in [0.29, 0.717) is 30.8 Å². The first-order valence-corrected chi connectivity index (χ1v) is 7.28. The van der Waals surface area contributed by atoms with Crippen LogP contribution in [0.25, 0.3) is 5.69 Å². The Morgan fingerprint density at radius 1 is 1.23 bits per heavy atom. The number of fused-ring (bicyclic) bond motifs is 1. The highest BCUT2D eigenvalue weighted by Crippen LogP contribution is 2.57. The fourth-order valence-electron chi connectivity index (χ4n) is 3.49. The molecule has 5 heteroatoms. The van der Waals surface area contributed by atoms with Crippen molar-refractivity contribution in [2.75, 3.05) is 13.1 Å². The van der Waals surface area contributed by atoms with E-state index in [4.69, 9.17) is 11.5 Å². The van der Waals surface area contributed by atoms with Gasteiger partial charge in [-0.2, -0.15) is 5.10 Å². The van der Waals surface area contributed by atoms with E-state index in [-0.39, 0.29) is 0 Å². The highest BCUT2D eigenvalue weighted by atomic mass is 16.4. The third kappa shape index (κ3) is 1.96. The van der Waals surface area contributed by atoms with E-state index in [1.165, 1.54) is 4.90 Å². The second kappa shape index (κ2) is 4.63. The van der Waals surface area contributed by atoms with Crippen LogP contribution in [-0.4, -0.2) is 39.0 Å². The van der Waals surface area contributed by atoms with Crippen molar-refractivity contribution >= 4 is 6.09 Å². The summed E-state index contributed by atoms with van der Waals surface area (Å²) in [5.74, 6) is 3.87. The smallest absolute Gasteiger partial charge is 0.407 e. The summed E-state index contributed by atoms with van der Waals surface area (Å²) in [5, 5.41) is 13.6. The lowest BCUT2D eigenvalue weighted by Gasteiger charge is -2.14. The summed E-state index contributed by atoms with van der Waals surface area (Å²) in [4.78, 5) is 12.4. The van der Waals surface area contributed by atoms with Gasteiger partial charge in [-0.05, 0) is 42.2 Å². The molecule has 0 spiro atoms. The summed E-state index contributed by atoms with van der Waals surface area (Å²) in [6, 6.07) is 9.72. The standard InChI is InChI=1S/C17H15N3O2/c1-2-11-3-5-12(6-4-11)20-8-7-15(18-20)16-13-9-19(17(21)22)10-14(13)16/h1,3-8,13-14,16H,9-10H2,(H,21,22)/t13-,14?,16-/m1/s1. The van der Waals surface area contributed by atoms with Crippen LogP contribution in [0.15, 0.2) is 36.5 Å². The van der Waals surface area contributed by atoms with Crippen molar-refractivity contribution in [1.82, 2.24) is 14.7 Å². The number of carboxylic acid groups (broad SMARTS) is 1. The summed E-state index contributed by atoms with van der Waals surface area (Å²) >= 11 is 0. The fourth-order valence-corrected chi connectivity index (χ4v) is 3.49. The number of hydrogen-bond donors (Lipinski definition) is 1. The van der Waals surface area contributed by atoms with Gasteiger partial charge < -0.3 is 10.0 Å². The van der Waals surface area contributed by atoms with Crippen LogP contribution in [0.4, 0.5) is 4.79 Å². The second-order valence-electron chi connectivity index (χ2n) is 5.92. The fraction of sp³-hybridized carbons (Fsp3) is 0.294. The van der Waals surface area contributed by atoms with Crippen molar-refractivity contribution in [3.8, 4) is 18.0 Å². The molecule has 2 aromatic rings. The van der Waals surface area contributed by atoms with Crippen molar-refractivity contribution in [3.05, 3.63) is 47.8 Å². The zero-order chi connectivity index (χ0) is 15.3. The number of likely N-dealkylation sites (tertiary alicyclic amines) is 1. The molecule has 22 heavy (non-hydrogen) atoms. The Kier molecular flexibility index (Phi) is 2.73. The van der Waals surface area contributed by atoms with E-state index in [2.05, 4.69) is 11.0 Å². The molecule has 1 saturated carbocycles. The quantitative estimate of drug-likeness (QED) is 0.863. The normalized spacial score (nSPS) is 25.6. The first kappa shape index (κ1) is 13.0. The summed E-state index contributed by atoms with van der Waals surface area (Å²) in [7, 11) is 0. The maximum Gasteiger partial charge on any atom is 0.407 e. The van der Waals surface area contributed by atoms with Crippen LogP contribution in [0.1, 0.15) is 17.2 Å². The van der Waals surface area contributed by atoms with Crippen molar-refractivity contribution in [2.24, 2.45) is 11.8 Å². The van der Waals surface area contributed by atoms with Gasteiger partial charge in [0.15, 0.2) is 0 Å². The van der Waals surface area contributed by atoms with Gasteiger partial charge in [0.2, 0.25) is 0 Å². The minimum atomic E-state index is -0.815. The largest absolute Gasteiger partial charge is 0.465 e. The summed E-state index contributed by atoms with van der Waals surface area (Å²) in [6.45, 7) is 1.27. The lowest BCUT2D eigenvalue weighted by molar-refractivity contribution is 0.150. The van der Waals surface area contributed by atoms with Crippen LogP contribution in [0.3, 0.4) is 0 Å². The highest BCUT2D eigenvalue weighted by molar-refractivity contribution is 5.66. The van der Waals surface area contributed by atoms with Crippen molar-refractivity contribution in [2.45, 2.75) is 5.92 Å². The van der Waals surface area contributed by atoms with Crippen LogP contribution in [-0.2, 0) is 0 Å². The van der Waals surface area contributed by atoms with E-state index in [1.807, 2.05) is 41.2 Å². The number of piperidine rings is 1. The minimum absolute atomic E-state index is 0.404. The van der Waals surface area contributed by atoms with E-state index >= 15 is 0 Å². The number of amides is 1. The second-order valence-corrected chi connectivity index (χ2v) is 5.92. The van der Waals surface area contributed by atoms with Crippen LogP contribution < -0.4 is 0 Å². The lowest BCUT2D eigenvalue weighted by Crippen LogP contribution is -2.29. The van der Waals surface area contributed by atoms with E-state index < -0.39 is 6.09 Å². The molecule has 0 bridgehead atoms. The predicted octanol–water partition coefficient (Wildman–Crippen LogP) is 2.18. The molecule has 1 aromatic carbocycles. The molecule has 1 unspecified atom stereocenters. The molecule has 2 fully saturated rings. The number of benzene rings is 1. The van der Waals surface area contributed by atoms with Crippen LogP contribution in [0, 0.1) is 24.2 Å². The average Bonchev–Trinajstić information content (AvgIpc) is 2.95. The van der Waals surface area contributed by atoms with Gasteiger partial charge in [-0.3, -0.25) is 0 Å². The molecule has 4 rings (SSSR count). The van der Waals surface area contributed by atoms with Crippen molar-refractivity contribution < 1.29 is 9.90 Å². The first-order chi connectivity index (χ1) is 10.7. The first-order valence-electron chi connectivity index (χ1n) is 7.28. The number of nitrogens with zero attached hydrogens (tertiary/aromatic N) is 3. The summed E-state index contributed by atoms with van der Waals surface area (Å²) in [5.41, 5.74) is 2.88. The molecule has 1 N–H and O–H groups in total. The monoisotopic (exact) mass is 293 g/mol. The SMILES string of the molecule is C#Cc1ccc(-n2ccc([C@H]3C4CN(C(=O)O)C[C@H]43)n2)cc1. The third-order valence-electron chi connectivity index (χ3n) is 4.71. The highest BCUT2D eigenvalue weighted by Gasteiger charge is 2.58. The maximum absolute atomic E-state index is 10.9. The van der Waals surface area contributed by atoms with Gasteiger partial charge in [-0.1, -0.05) is 5.92 Å².